The molecule has 2 aromatic heterocycles. The third-order valence-electron chi connectivity index (χ3n) is 8.50. The normalized spacial score (nSPS) is 21.9. The van der Waals surface area contributed by atoms with Gasteiger partial charge in [-0.05, 0) is 110 Å². The summed E-state index contributed by atoms with van der Waals surface area (Å²) in [6.45, 7) is 15.3. The van der Waals surface area contributed by atoms with E-state index in [9.17, 15) is 14.4 Å². The van der Waals surface area contributed by atoms with Gasteiger partial charge in [-0.1, -0.05) is 12.1 Å². The minimum absolute atomic E-state index is 0.0880. The zero-order valence-corrected chi connectivity index (χ0v) is 25.8. The predicted octanol–water partition coefficient (Wildman–Crippen LogP) is 4.16. The fourth-order valence-corrected chi connectivity index (χ4v) is 5.61. The molecule has 224 valence electrons. The average Bonchev–Trinajstić information content (AvgIpc) is 3.11. The number of aromatic nitrogens is 3. The van der Waals surface area contributed by atoms with Gasteiger partial charge in [0.25, 0.3) is 5.56 Å². The molecule has 0 bridgehead atoms. The highest BCUT2D eigenvalue weighted by Crippen LogP contribution is 2.36. The van der Waals surface area contributed by atoms with Gasteiger partial charge in [-0.3, -0.25) is 9.36 Å². The number of benzene rings is 1. The smallest absolute Gasteiger partial charge is 0.444 e. The zero-order chi connectivity index (χ0) is 30.6. The van der Waals surface area contributed by atoms with Crippen molar-refractivity contribution in [1.29, 1.82) is 0 Å². The summed E-state index contributed by atoms with van der Waals surface area (Å²) in [4.78, 5) is 44.8. The van der Waals surface area contributed by atoms with Crippen LogP contribution in [0.25, 0.3) is 16.7 Å². The Bertz CT molecular complexity index is 1610. The average molecular weight is 577 g/mol. The van der Waals surface area contributed by atoms with Crippen molar-refractivity contribution < 1.29 is 18.8 Å². The molecule has 1 aliphatic heterocycles. The fourth-order valence-electron chi connectivity index (χ4n) is 5.61. The number of hydrogen-bond donors (Lipinski definition) is 1. The number of pyridine rings is 1. The van der Waals surface area contributed by atoms with Crippen molar-refractivity contribution in [3.63, 3.8) is 0 Å². The van der Waals surface area contributed by atoms with Crippen molar-refractivity contribution in [2.45, 2.75) is 110 Å². The van der Waals surface area contributed by atoms with E-state index in [1.165, 1.54) is 9.13 Å². The molecule has 11 heteroatoms. The van der Waals surface area contributed by atoms with Crippen molar-refractivity contribution in [1.82, 2.24) is 19.4 Å². The Morgan fingerprint density at radius 2 is 1.69 bits per heavy atom. The van der Waals surface area contributed by atoms with Gasteiger partial charge in [0.15, 0.2) is 5.65 Å². The summed E-state index contributed by atoms with van der Waals surface area (Å²) < 4.78 is 20.8. The second-order valence-corrected chi connectivity index (χ2v) is 13.5. The Labute approximate surface area is 246 Å². The molecule has 1 saturated carbocycles. The lowest BCUT2D eigenvalue weighted by atomic mass is 9.79. The Hall–Kier alpha value is -3.44. The number of rotatable bonds is 4. The van der Waals surface area contributed by atoms with Crippen LogP contribution in [0.15, 0.2) is 46.1 Å². The molecule has 2 fully saturated rings. The lowest BCUT2D eigenvalue weighted by molar-refractivity contribution is 0.00578. The molecule has 0 atom stereocenters. The van der Waals surface area contributed by atoms with Gasteiger partial charge in [0.2, 0.25) is 0 Å². The van der Waals surface area contributed by atoms with Crippen LogP contribution in [0.4, 0.5) is 4.79 Å². The number of fused-ring (bicyclic) bond motifs is 1. The lowest BCUT2D eigenvalue weighted by Crippen LogP contribution is -2.46. The third kappa shape index (κ3) is 5.77. The molecule has 5 rings (SSSR count). The van der Waals surface area contributed by atoms with Crippen LogP contribution in [0.3, 0.4) is 0 Å². The topological polar surface area (TPSA) is 114 Å². The van der Waals surface area contributed by atoms with E-state index < -0.39 is 35.7 Å². The van der Waals surface area contributed by atoms with E-state index in [2.05, 4.69) is 10.3 Å². The van der Waals surface area contributed by atoms with Crippen LogP contribution in [0.1, 0.15) is 85.8 Å². The first-order valence-electron chi connectivity index (χ1n) is 14.7. The molecule has 2 aliphatic rings. The van der Waals surface area contributed by atoms with Crippen LogP contribution in [0.5, 0.6) is 0 Å². The van der Waals surface area contributed by atoms with E-state index in [1.54, 1.807) is 12.3 Å². The quantitative estimate of drug-likeness (QED) is 0.464. The second-order valence-electron chi connectivity index (χ2n) is 13.5. The van der Waals surface area contributed by atoms with E-state index >= 15 is 0 Å². The molecule has 1 aliphatic carbocycles. The lowest BCUT2D eigenvalue weighted by Gasteiger charge is -2.32. The first-order chi connectivity index (χ1) is 19.6. The molecule has 0 spiro atoms. The van der Waals surface area contributed by atoms with E-state index in [0.717, 1.165) is 11.0 Å². The number of carbonyl (C=O) groups excluding carboxylic acids is 1. The van der Waals surface area contributed by atoms with Gasteiger partial charge in [0, 0.05) is 18.3 Å². The molecule has 3 aromatic rings. The van der Waals surface area contributed by atoms with E-state index in [0.29, 0.717) is 42.4 Å². The molecule has 0 unspecified atom stereocenters. The first kappa shape index (κ1) is 30.0. The largest absolute Gasteiger partial charge is 0.494 e. The van der Waals surface area contributed by atoms with Crippen LogP contribution in [0, 0.1) is 6.92 Å². The maximum absolute atomic E-state index is 14.2. The number of alkyl carbamates (subject to hydrolysis) is 1. The van der Waals surface area contributed by atoms with E-state index in [4.69, 9.17) is 14.0 Å². The molecule has 1 N–H and O–H groups in total. The Kier molecular flexibility index (Phi) is 7.64. The Morgan fingerprint density at radius 1 is 1.05 bits per heavy atom. The number of ether oxygens (including phenoxy) is 1. The van der Waals surface area contributed by atoms with Gasteiger partial charge in [-0.2, -0.15) is 0 Å². The molecule has 0 radical (unpaired) electrons. The van der Waals surface area contributed by atoms with Crippen molar-refractivity contribution in [3.05, 3.63) is 62.9 Å². The minimum atomic E-state index is -0.606. The SMILES string of the molecule is Cc1cnc2c(c1)c(=O)n(C1CCC(NC(=O)OC(C)(C)C)CC1)c(=O)n2-c1cccc(B2OC(C)(C)C(C)(C)O2)c1. The predicted molar refractivity (Wildman–Crippen MR) is 163 cm³/mol. The maximum atomic E-state index is 14.2. The van der Waals surface area contributed by atoms with Gasteiger partial charge < -0.3 is 19.4 Å². The summed E-state index contributed by atoms with van der Waals surface area (Å²) in [6, 6.07) is 8.83. The highest BCUT2D eigenvalue weighted by molar-refractivity contribution is 6.62. The number of nitrogens with zero attached hydrogens (tertiary/aromatic N) is 3. The summed E-state index contributed by atoms with van der Waals surface area (Å²) in [7, 11) is -0.606. The first-order valence-corrected chi connectivity index (χ1v) is 14.7. The summed E-state index contributed by atoms with van der Waals surface area (Å²) in [5.74, 6) is 0. The van der Waals surface area contributed by atoms with Crippen molar-refractivity contribution >= 4 is 29.7 Å². The molecular weight excluding hydrogens is 535 g/mol. The van der Waals surface area contributed by atoms with Gasteiger partial charge in [-0.15, -0.1) is 0 Å². The van der Waals surface area contributed by atoms with Crippen LogP contribution < -0.4 is 22.0 Å². The number of hydrogen-bond acceptors (Lipinski definition) is 7. The monoisotopic (exact) mass is 576 g/mol. The number of nitrogens with one attached hydrogen (secondary N) is 1. The Morgan fingerprint density at radius 3 is 2.31 bits per heavy atom. The van der Waals surface area contributed by atoms with Gasteiger partial charge in [0.05, 0.1) is 22.3 Å². The van der Waals surface area contributed by atoms with Gasteiger partial charge in [0.1, 0.15) is 5.60 Å². The summed E-state index contributed by atoms with van der Waals surface area (Å²) in [5.41, 5.74) is 0.0580. The fraction of sp³-hybridized carbons (Fsp3) is 0.548. The third-order valence-corrected chi connectivity index (χ3v) is 8.50. The minimum Gasteiger partial charge on any atom is -0.444 e. The van der Waals surface area contributed by atoms with Crippen molar-refractivity contribution in [3.8, 4) is 5.69 Å². The number of carbonyl (C=O) groups is 1. The summed E-state index contributed by atoms with van der Waals surface area (Å²) in [5, 5.41) is 3.31. The van der Waals surface area contributed by atoms with Crippen molar-refractivity contribution in [2.75, 3.05) is 0 Å². The maximum Gasteiger partial charge on any atom is 0.494 e. The van der Waals surface area contributed by atoms with Crippen LogP contribution >= 0.6 is 0 Å². The molecule has 3 heterocycles. The highest BCUT2D eigenvalue weighted by atomic mass is 16.7. The number of amides is 1. The van der Waals surface area contributed by atoms with E-state index in [1.807, 2.05) is 79.7 Å². The molecule has 1 aromatic carbocycles. The van der Waals surface area contributed by atoms with Crippen molar-refractivity contribution in [2.24, 2.45) is 0 Å². The molecule has 42 heavy (non-hydrogen) atoms. The van der Waals surface area contributed by atoms with Gasteiger partial charge >= 0.3 is 18.9 Å². The summed E-state index contributed by atoms with van der Waals surface area (Å²) >= 11 is 0. The van der Waals surface area contributed by atoms with E-state index in [-0.39, 0.29) is 17.6 Å². The van der Waals surface area contributed by atoms with Crippen LogP contribution in [-0.2, 0) is 14.0 Å². The zero-order valence-electron chi connectivity index (χ0n) is 25.8. The van der Waals surface area contributed by atoms with Gasteiger partial charge in [-0.25, -0.2) is 19.1 Å². The second kappa shape index (κ2) is 10.7. The molecule has 1 amide bonds. The Balaban J connectivity index is 1.51. The standard InChI is InChI=1S/C31H41BN4O6/c1-19-16-24-25(33-18-19)35(23-11-9-10-20(17-23)32-41-30(5,6)31(7,8)42-32)28(39)36(26(24)37)22-14-12-21(13-15-22)34-27(38)40-29(2,3)4/h9-11,16-18,21-22H,12-15H2,1-8H3,(H,34,38). The van der Waals surface area contributed by atoms with Crippen LogP contribution in [-0.4, -0.2) is 50.2 Å². The molecule has 1 saturated heterocycles. The van der Waals surface area contributed by atoms with Crippen LogP contribution in [0.2, 0.25) is 0 Å². The number of aryl methyl sites for hydroxylation is 1. The molecule has 10 nitrogen and oxygen atoms in total. The highest BCUT2D eigenvalue weighted by Gasteiger charge is 2.51. The summed E-state index contributed by atoms with van der Waals surface area (Å²) in [6.07, 6.45) is 3.57. The molecular formula is C31H41BN4O6.